The predicted molar refractivity (Wildman–Crippen MR) is 85.9 cm³/mol. The van der Waals surface area contributed by atoms with Crippen molar-refractivity contribution in [1.82, 2.24) is 20.4 Å². The van der Waals surface area contributed by atoms with Gasteiger partial charge in [-0.05, 0) is 18.2 Å². The van der Waals surface area contributed by atoms with Crippen LogP contribution in [0.5, 0.6) is 0 Å². The number of hydrogen-bond acceptors (Lipinski definition) is 6. The van der Waals surface area contributed by atoms with E-state index in [1.54, 1.807) is 24.3 Å². The average Bonchev–Trinajstić information content (AvgIpc) is 3.16. The summed E-state index contributed by atoms with van der Waals surface area (Å²) in [5, 5.41) is 23.4. The molecule has 4 aromatic rings. The second kappa shape index (κ2) is 5.12. The van der Waals surface area contributed by atoms with E-state index in [0.717, 1.165) is 0 Å². The number of rotatable bonds is 2. The van der Waals surface area contributed by atoms with Gasteiger partial charge >= 0.3 is 0 Å². The van der Waals surface area contributed by atoms with E-state index in [2.05, 4.69) is 31.8 Å². The molecule has 0 bridgehead atoms. The van der Waals surface area contributed by atoms with Crippen LogP contribution in [0.1, 0.15) is 5.56 Å². The van der Waals surface area contributed by atoms with Crippen LogP contribution in [0.2, 0.25) is 10.0 Å². The van der Waals surface area contributed by atoms with E-state index < -0.39 is 0 Å². The fourth-order valence-corrected chi connectivity index (χ4v) is 2.58. The van der Waals surface area contributed by atoms with E-state index in [1.807, 2.05) is 0 Å². The highest BCUT2D eigenvalue weighted by Crippen LogP contribution is 2.33. The Balaban J connectivity index is 1.86. The number of nitrogens with one attached hydrogen (secondary N) is 2. The molecule has 0 aliphatic rings. The summed E-state index contributed by atoms with van der Waals surface area (Å²) in [6, 6.07) is 9.04. The molecule has 0 unspecified atom stereocenters. The molecule has 0 fully saturated rings. The molecular formula is C14H6Cl2N6O. The summed E-state index contributed by atoms with van der Waals surface area (Å²) in [7, 11) is 0. The Kier molecular flexibility index (Phi) is 3.08. The maximum absolute atomic E-state index is 9.18. The highest BCUT2D eigenvalue weighted by Gasteiger charge is 2.17. The molecule has 0 aliphatic carbocycles. The molecule has 0 saturated heterocycles. The average molecular weight is 345 g/mol. The molecular weight excluding hydrogens is 339 g/mol. The van der Waals surface area contributed by atoms with Crippen molar-refractivity contribution in [2.45, 2.75) is 0 Å². The highest BCUT2D eigenvalue weighted by molar-refractivity contribution is 6.43. The first kappa shape index (κ1) is 13.8. The van der Waals surface area contributed by atoms with Crippen molar-refractivity contribution in [3.63, 3.8) is 0 Å². The van der Waals surface area contributed by atoms with Crippen LogP contribution in [-0.2, 0) is 0 Å². The van der Waals surface area contributed by atoms with Gasteiger partial charge in [0, 0.05) is 0 Å². The summed E-state index contributed by atoms with van der Waals surface area (Å²) in [6.07, 6.45) is 0. The summed E-state index contributed by atoms with van der Waals surface area (Å²) >= 11 is 12.1. The van der Waals surface area contributed by atoms with Crippen molar-refractivity contribution in [2.75, 3.05) is 5.32 Å². The Morgan fingerprint density at radius 3 is 2.87 bits per heavy atom. The molecule has 2 N–H and O–H groups in total. The van der Waals surface area contributed by atoms with Crippen LogP contribution in [-0.4, -0.2) is 20.4 Å². The predicted octanol–water partition coefficient (Wildman–Crippen LogP) is 4.02. The van der Waals surface area contributed by atoms with Crippen molar-refractivity contribution < 1.29 is 4.42 Å². The minimum atomic E-state index is 0.212. The van der Waals surface area contributed by atoms with E-state index in [1.165, 1.54) is 0 Å². The van der Waals surface area contributed by atoms with Gasteiger partial charge in [-0.1, -0.05) is 29.3 Å². The summed E-state index contributed by atoms with van der Waals surface area (Å²) in [6.45, 7) is 0. The lowest BCUT2D eigenvalue weighted by Crippen LogP contribution is -1.91. The van der Waals surface area contributed by atoms with Gasteiger partial charge in [-0.25, -0.2) is 0 Å². The summed E-state index contributed by atoms with van der Waals surface area (Å²) in [5.41, 5.74) is 2.71. The number of aromatic nitrogens is 4. The van der Waals surface area contributed by atoms with Crippen molar-refractivity contribution in [2.24, 2.45) is 0 Å². The molecule has 2 aromatic carbocycles. The second-order valence-corrected chi connectivity index (χ2v) is 5.44. The van der Waals surface area contributed by atoms with Crippen LogP contribution in [0.3, 0.4) is 0 Å². The number of benzene rings is 2. The van der Waals surface area contributed by atoms with Crippen LogP contribution in [0, 0.1) is 11.3 Å². The summed E-state index contributed by atoms with van der Waals surface area (Å²) < 4.78 is 5.68. The third-order valence-electron chi connectivity index (χ3n) is 3.27. The fourth-order valence-electron chi connectivity index (χ4n) is 2.24. The molecule has 7 nitrogen and oxygen atoms in total. The van der Waals surface area contributed by atoms with Gasteiger partial charge in [0.1, 0.15) is 17.1 Å². The fraction of sp³-hybridized carbons (Fsp3) is 0. The number of oxazole rings is 1. The molecule has 0 spiro atoms. The van der Waals surface area contributed by atoms with Crippen molar-refractivity contribution in [1.29, 1.82) is 5.26 Å². The molecule has 2 aromatic heterocycles. The minimum absolute atomic E-state index is 0.212. The Hall–Kier alpha value is -2.82. The monoisotopic (exact) mass is 344 g/mol. The van der Waals surface area contributed by atoms with Gasteiger partial charge in [-0.2, -0.15) is 25.7 Å². The smallest absolute Gasteiger partial charge is 0.300 e. The lowest BCUT2D eigenvalue weighted by Gasteiger charge is -2.04. The summed E-state index contributed by atoms with van der Waals surface area (Å²) in [5.74, 6) is 0. The van der Waals surface area contributed by atoms with E-state index in [9.17, 15) is 5.26 Å². The van der Waals surface area contributed by atoms with E-state index >= 15 is 0 Å². The topological polar surface area (TPSA) is 103 Å². The zero-order valence-corrected chi connectivity index (χ0v) is 12.8. The first-order valence-electron chi connectivity index (χ1n) is 6.42. The highest BCUT2D eigenvalue weighted by atomic mass is 35.5. The standard InChI is InChI=1S/C14H6Cl2N6O/c15-7-2-1-3-8(10(7)16)18-14-19-9-4-6(5-17)11-12(13(9)23-14)21-22-20-11/h1-4H,(H,18,19)(H,20,21,22). The number of fused-ring (bicyclic) bond motifs is 3. The van der Waals surface area contributed by atoms with E-state index in [0.29, 0.717) is 43.4 Å². The third kappa shape index (κ3) is 2.16. The molecule has 112 valence electrons. The van der Waals surface area contributed by atoms with Crippen molar-refractivity contribution >= 4 is 57.0 Å². The number of halogens is 2. The van der Waals surface area contributed by atoms with Crippen LogP contribution in [0.4, 0.5) is 11.7 Å². The Labute approximate surface area is 138 Å². The molecule has 0 amide bonds. The Morgan fingerprint density at radius 2 is 2.04 bits per heavy atom. The number of hydrogen-bond donors (Lipinski definition) is 2. The minimum Gasteiger partial charge on any atom is -0.421 e. The number of H-pyrrole nitrogens is 1. The van der Waals surface area contributed by atoms with Crippen LogP contribution in [0.25, 0.3) is 22.1 Å². The molecule has 0 aliphatic heterocycles. The first-order valence-corrected chi connectivity index (χ1v) is 7.18. The number of nitrogens with zero attached hydrogens (tertiary/aromatic N) is 4. The molecule has 0 atom stereocenters. The number of nitriles is 1. The van der Waals surface area contributed by atoms with Crippen molar-refractivity contribution in [3.05, 3.63) is 39.9 Å². The maximum Gasteiger partial charge on any atom is 0.300 e. The molecule has 4 rings (SSSR count). The SMILES string of the molecule is N#Cc1cc2nc(Nc3cccc(Cl)c3Cl)oc2c2n[nH]nc12. The van der Waals surface area contributed by atoms with E-state index in [-0.39, 0.29) is 6.01 Å². The maximum atomic E-state index is 9.18. The number of aromatic amines is 1. The van der Waals surface area contributed by atoms with Crippen LogP contribution >= 0.6 is 23.2 Å². The van der Waals surface area contributed by atoms with Gasteiger partial charge in [0.05, 0.1) is 21.3 Å². The van der Waals surface area contributed by atoms with Gasteiger partial charge in [-0.15, -0.1) is 0 Å². The van der Waals surface area contributed by atoms with Gasteiger partial charge < -0.3 is 9.73 Å². The Morgan fingerprint density at radius 1 is 1.22 bits per heavy atom. The molecule has 9 heteroatoms. The zero-order valence-electron chi connectivity index (χ0n) is 11.3. The molecule has 0 radical (unpaired) electrons. The number of anilines is 2. The zero-order chi connectivity index (χ0) is 16.0. The molecule has 23 heavy (non-hydrogen) atoms. The largest absolute Gasteiger partial charge is 0.421 e. The van der Waals surface area contributed by atoms with E-state index in [4.69, 9.17) is 27.6 Å². The normalized spacial score (nSPS) is 11.0. The quantitative estimate of drug-likeness (QED) is 0.569. The van der Waals surface area contributed by atoms with Gasteiger partial charge in [0.25, 0.3) is 6.01 Å². The lowest BCUT2D eigenvalue weighted by molar-refractivity contribution is 0.625. The Bertz CT molecular complexity index is 1090. The molecule has 2 heterocycles. The lowest BCUT2D eigenvalue weighted by atomic mass is 10.2. The molecule has 0 saturated carbocycles. The van der Waals surface area contributed by atoms with Gasteiger partial charge in [0.2, 0.25) is 0 Å². The van der Waals surface area contributed by atoms with Gasteiger partial charge in [0.15, 0.2) is 11.1 Å². The third-order valence-corrected chi connectivity index (χ3v) is 4.09. The van der Waals surface area contributed by atoms with Crippen LogP contribution < -0.4 is 5.32 Å². The van der Waals surface area contributed by atoms with Crippen LogP contribution in [0.15, 0.2) is 28.7 Å². The van der Waals surface area contributed by atoms with Crippen molar-refractivity contribution in [3.8, 4) is 6.07 Å². The second-order valence-electron chi connectivity index (χ2n) is 4.65. The summed E-state index contributed by atoms with van der Waals surface area (Å²) in [4.78, 5) is 4.30. The first-order chi connectivity index (χ1) is 11.2. The van der Waals surface area contributed by atoms with Gasteiger partial charge in [-0.3, -0.25) is 0 Å².